The Balaban J connectivity index is 0.000000167. The first kappa shape index (κ1) is 48.5. The van der Waals surface area contributed by atoms with Crippen LogP contribution in [0.3, 0.4) is 0 Å². The Bertz CT molecular complexity index is 3130. The smallest absolute Gasteiger partial charge is 0.227 e. The molecule has 71 heavy (non-hydrogen) atoms. The van der Waals surface area contributed by atoms with Gasteiger partial charge in [0.1, 0.15) is 0 Å². The van der Waals surface area contributed by atoms with Gasteiger partial charge in [-0.2, -0.15) is 0 Å². The van der Waals surface area contributed by atoms with E-state index >= 15 is 0 Å². The Kier molecular flexibility index (Phi) is 15.4. The second-order valence-electron chi connectivity index (χ2n) is 18.4. The van der Waals surface area contributed by atoms with Gasteiger partial charge >= 0.3 is 0 Å². The van der Waals surface area contributed by atoms with E-state index in [-0.39, 0.29) is 11.8 Å². The van der Waals surface area contributed by atoms with E-state index in [1.807, 2.05) is 70.2 Å². The molecule has 2 aliphatic heterocycles. The minimum atomic E-state index is 0.150. The molecular weight excluding hydrogens is 963 g/mol. The number of piperidine rings is 2. The van der Waals surface area contributed by atoms with Crippen LogP contribution in [0, 0.1) is 0 Å². The minimum Gasteiger partial charge on any atom is -0.342 e. The highest BCUT2D eigenvalue weighted by Crippen LogP contribution is 2.43. The Labute approximate surface area is 435 Å². The second-order valence-corrected chi connectivity index (χ2v) is 20.7. The Morgan fingerprint density at radius 3 is 1.52 bits per heavy atom. The molecule has 6 heterocycles. The summed E-state index contributed by atoms with van der Waals surface area (Å²) in [5.41, 5.74) is 17.8. The molecule has 0 spiro atoms. The first-order valence-electron chi connectivity index (χ1n) is 24.4. The lowest BCUT2D eigenvalue weighted by molar-refractivity contribution is -0.131. The average molecular weight is 1020 g/mol. The summed E-state index contributed by atoms with van der Waals surface area (Å²) in [6, 6.07) is 34.7. The Hall–Kier alpha value is -6.10. The average Bonchev–Trinajstić information content (AvgIpc) is 3.67. The van der Waals surface area contributed by atoms with Crippen molar-refractivity contribution in [3.63, 3.8) is 0 Å². The van der Waals surface area contributed by atoms with Gasteiger partial charge in [0, 0.05) is 100 Å². The summed E-state index contributed by atoms with van der Waals surface area (Å²) >= 11 is 21.3. The molecule has 0 radical (unpaired) electrons. The number of nitrogens with zero attached hydrogens (tertiary/aromatic N) is 6. The molecule has 2 aliphatic carbocycles. The fourth-order valence-electron chi connectivity index (χ4n) is 10.4. The number of likely N-dealkylation sites (tertiary alicyclic amines) is 2. The number of rotatable bonds is 7. The SMILES string of the molecule is O=C(Cc1cccnc1)N1CCC(=C2c3ccc(Cl)cc3CCc3c(Cl)ccnc32)CC1.O=C(Cc1cccnc1)N1CCC(=C2c3ccc(Cl)cc3CCc3c(SCc4ccccc4)ccnc32)CC1. The molecular formula is C59H53Cl3N6O2S. The predicted octanol–water partition coefficient (Wildman–Crippen LogP) is 12.7. The molecule has 7 aromatic rings. The number of carbonyl (C=O) groups is 2. The van der Waals surface area contributed by atoms with E-state index in [2.05, 4.69) is 70.6 Å². The number of hydrogen-bond acceptors (Lipinski definition) is 7. The maximum atomic E-state index is 13.0. The number of aryl methyl sites for hydroxylation is 2. The molecule has 12 heteroatoms. The second kappa shape index (κ2) is 22.5. The monoisotopic (exact) mass is 1010 g/mol. The molecule has 2 amide bonds. The van der Waals surface area contributed by atoms with Gasteiger partial charge in [-0.25, -0.2) is 0 Å². The van der Waals surface area contributed by atoms with Crippen molar-refractivity contribution >= 4 is 69.5 Å². The van der Waals surface area contributed by atoms with E-state index in [4.69, 9.17) is 44.8 Å². The number of pyridine rings is 4. The van der Waals surface area contributed by atoms with E-state index in [1.165, 1.54) is 60.6 Å². The van der Waals surface area contributed by atoms with Crippen LogP contribution in [0.5, 0.6) is 0 Å². The van der Waals surface area contributed by atoms with Crippen molar-refractivity contribution in [3.8, 4) is 0 Å². The molecule has 4 aromatic heterocycles. The van der Waals surface area contributed by atoms with Gasteiger partial charge in [-0.05, 0) is 150 Å². The topological polar surface area (TPSA) is 92.2 Å². The van der Waals surface area contributed by atoms with Crippen LogP contribution in [0.4, 0.5) is 0 Å². The number of aromatic nitrogens is 4. The molecule has 0 unspecified atom stereocenters. The zero-order valence-corrected chi connectivity index (χ0v) is 42.5. The van der Waals surface area contributed by atoms with E-state index in [0.29, 0.717) is 25.9 Å². The third-order valence-corrected chi connectivity index (χ3v) is 16.0. The summed E-state index contributed by atoms with van der Waals surface area (Å²) in [5, 5.41) is 2.27. The first-order chi connectivity index (χ1) is 34.8. The van der Waals surface area contributed by atoms with Crippen molar-refractivity contribution in [2.24, 2.45) is 0 Å². The molecule has 2 fully saturated rings. The maximum Gasteiger partial charge on any atom is 0.227 e. The van der Waals surface area contributed by atoms with Gasteiger partial charge in [0.05, 0.1) is 24.2 Å². The summed E-state index contributed by atoms with van der Waals surface area (Å²) in [7, 11) is 0. The van der Waals surface area contributed by atoms with Crippen LogP contribution >= 0.6 is 46.6 Å². The van der Waals surface area contributed by atoms with Crippen molar-refractivity contribution in [2.45, 2.75) is 74.9 Å². The van der Waals surface area contributed by atoms with Gasteiger partial charge < -0.3 is 9.80 Å². The number of carbonyl (C=O) groups excluding carboxylic acids is 2. The normalized spacial score (nSPS) is 15.3. The van der Waals surface area contributed by atoms with Gasteiger partial charge in [-0.3, -0.25) is 29.5 Å². The van der Waals surface area contributed by atoms with Gasteiger partial charge in [0.2, 0.25) is 11.8 Å². The molecule has 3 aromatic carbocycles. The largest absolute Gasteiger partial charge is 0.342 e. The van der Waals surface area contributed by atoms with Gasteiger partial charge in [-0.15, -0.1) is 11.8 Å². The summed E-state index contributed by atoms with van der Waals surface area (Å²) in [6.45, 7) is 2.85. The van der Waals surface area contributed by atoms with Crippen LogP contribution in [0.25, 0.3) is 11.1 Å². The summed E-state index contributed by atoms with van der Waals surface area (Å²) < 4.78 is 0. The zero-order valence-electron chi connectivity index (χ0n) is 39.4. The van der Waals surface area contributed by atoms with Crippen molar-refractivity contribution in [1.29, 1.82) is 0 Å². The lowest BCUT2D eigenvalue weighted by Gasteiger charge is -2.30. The van der Waals surface area contributed by atoms with Crippen LogP contribution in [-0.2, 0) is 53.9 Å². The highest BCUT2D eigenvalue weighted by atomic mass is 35.5. The number of halogens is 3. The lowest BCUT2D eigenvalue weighted by atomic mass is 9.88. The summed E-state index contributed by atoms with van der Waals surface area (Å²) in [6.07, 6.45) is 18.4. The fraction of sp³-hybridized carbons (Fsp3) is 0.254. The lowest BCUT2D eigenvalue weighted by Crippen LogP contribution is -2.37. The summed E-state index contributed by atoms with van der Waals surface area (Å²) in [5.74, 6) is 1.24. The quantitative estimate of drug-likeness (QED) is 0.147. The zero-order chi connectivity index (χ0) is 48.7. The van der Waals surface area contributed by atoms with Crippen LogP contribution in [0.1, 0.15) is 87.1 Å². The standard InChI is InChI=1S/C33H30ClN3OS.C26H23Cl2N3O/c34-27-9-11-28-26(20-27)8-10-29-30(39-22-23-5-2-1-3-6-23)12-16-36-33(29)32(28)25-13-17-37(18-14-25)31(38)19-24-7-4-15-35-21-24;27-20-4-6-21-19(15-20)3-5-22-23(28)7-11-30-26(22)25(21)18-8-12-31(13-9-18)24(32)14-17-2-1-10-29-16-17/h1-7,9,11-12,15-16,20-21H,8,10,13-14,17-19,22H2;1-2,4,6-7,10-11,15-16H,3,5,8-9,12-14H2. The van der Waals surface area contributed by atoms with Crippen LogP contribution in [-0.4, -0.2) is 67.7 Å². The number of fused-ring (bicyclic) bond motifs is 4. The molecule has 8 nitrogen and oxygen atoms in total. The minimum absolute atomic E-state index is 0.150. The van der Waals surface area contributed by atoms with Gasteiger partial charge in [0.25, 0.3) is 0 Å². The molecule has 0 saturated carbocycles. The van der Waals surface area contributed by atoms with Gasteiger partial charge in [-0.1, -0.05) is 101 Å². The van der Waals surface area contributed by atoms with Crippen molar-refractivity contribution in [3.05, 3.63) is 228 Å². The number of benzene rings is 3. The Morgan fingerprint density at radius 2 is 1.00 bits per heavy atom. The van der Waals surface area contributed by atoms with Crippen LogP contribution < -0.4 is 0 Å². The van der Waals surface area contributed by atoms with E-state index in [1.54, 1.807) is 31.0 Å². The molecule has 0 bridgehead atoms. The van der Waals surface area contributed by atoms with E-state index in [9.17, 15) is 9.59 Å². The molecule has 11 rings (SSSR count). The highest BCUT2D eigenvalue weighted by Gasteiger charge is 2.30. The Morgan fingerprint density at radius 1 is 0.507 bits per heavy atom. The third kappa shape index (κ3) is 11.3. The predicted molar refractivity (Wildman–Crippen MR) is 287 cm³/mol. The van der Waals surface area contributed by atoms with Crippen molar-refractivity contribution in [1.82, 2.24) is 29.7 Å². The third-order valence-electron chi connectivity index (χ3n) is 14.0. The maximum absolute atomic E-state index is 13.0. The number of amides is 2. The molecule has 4 aliphatic rings. The van der Waals surface area contributed by atoms with Crippen LogP contribution in [0.2, 0.25) is 15.1 Å². The molecule has 358 valence electrons. The highest BCUT2D eigenvalue weighted by molar-refractivity contribution is 7.98. The fourth-order valence-corrected chi connectivity index (χ4v) is 12.0. The van der Waals surface area contributed by atoms with E-state index in [0.717, 1.165) is 113 Å². The van der Waals surface area contributed by atoms with Crippen molar-refractivity contribution < 1.29 is 9.59 Å². The van der Waals surface area contributed by atoms with Crippen LogP contribution in [0.15, 0.2) is 156 Å². The number of hydrogen-bond donors (Lipinski definition) is 0. The summed E-state index contributed by atoms with van der Waals surface area (Å²) in [4.78, 5) is 49.1. The number of thioether (sulfide) groups is 1. The van der Waals surface area contributed by atoms with E-state index < -0.39 is 0 Å². The first-order valence-corrected chi connectivity index (χ1v) is 26.5. The van der Waals surface area contributed by atoms with Gasteiger partial charge in [0.15, 0.2) is 0 Å². The van der Waals surface area contributed by atoms with Crippen molar-refractivity contribution in [2.75, 3.05) is 26.2 Å². The molecule has 0 atom stereocenters. The molecule has 0 N–H and O–H groups in total. The molecule has 2 saturated heterocycles.